The Hall–Kier alpha value is -2.50. The molecule has 0 aliphatic carbocycles. The Morgan fingerprint density at radius 1 is 0.750 bits per heavy atom. The number of hydrogen-bond donors (Lipinski definition) is 2. The van der Waals surface area contributed by atoms with Gasteiger partial charge in [-0.15, -0.1) is 0 Å². The molecule has 0 aromatic heterocycles. The third kappa shape index (κ3) is 3.50. The third-order valence-electron chi connectivity index (χ3n) is 2.56. The van der Waals surface area contributed by atoms with Crippen LogP contribution in [0.25, 0.3) is 0 Å². The zero-order chi connectivity index (χ0) is 14.5. The van der Waals surface area contributed by atoms with Crippen LogP contribution in [0, 0.1) is 11.6 Å². The van der Waals surface area contributed by atoms with E-state index in [-0.39, 0.29) is 24.6 Å². The molecule has 0 amide bonds. The quantitative estimate of drug-likeness (QED) is 0.652. The lowest BCUT2D eigenvalue weighted by atomic mass is 10.3. The molecule has 0 saturated carbocycles. The van der Waals surface area contributed by atoms with Gasteiger partial charge in [0, 0.05) is 12.1 Å². The largest absolute Gasteiger partial charge is 0.490 e. The number of rotatable bonds is 5. The molecule has 106 valence electrons. The third-order valence-corrected chi connectivity index (χ3v) is 2.56. The minimum absolute atomic E-state index is 0.0611. The minimum atomic E-state index is -0.538. The van der Waals surface area contributed by atoms with Crippen LogP contribution in [-0.2, 0) is 0 Å². The average Bonchev–Trinajstić information content (AvgIpc) is 2.42. The minimum Gasteiger partial charge on any atom is -0.490 e. The van der Waals surface area contributed by atoms with Crippen LogP contribution < -0.4 is 20.9 Å². The standard InChI is InChI=1S/C14H14F2N2O2/c15-11-7-9(1-3-13(11)17)19-5-6-20-10-2-4-14(18)12(16)8-10/h1-4,7-8H,5-6,17-18H2. The Labute approximate surface area is 114 Å². The lowest BCUT2D eigenvalue weighted by Gasteiger charge is -2.09. The molecule has 0 aliphatic rings. The summed E-state index contributed by atoms with van der Waals surface area (Å²) in [6.07, 6.45) is 0. The molecule has 2 aromatic rings. The van der Waals surface area contributed by atoms with E-state index in [0.717, 1.165) is 0 Å². The topological polar surface area (TPSA) is 70.5 Å². The number of halogens is 2. The van der Waals surface area contributed by atoms with Crippen molar-refractivity contribution < 1.29 is 18.3 Å². The number of hydrogen-bond acceptors (Lipinski definition) is 4. The first-order valence-corrected chi connectivity index (χ1v) is 5.92. The van der Waals surface area contributed by atoms with Crippen LogP contribution in [0.3, 0.4) is 0 Å². The van der Waals surface area contributed by atoms with Crippen molar-refractivity contribution in [1.29, 1.82) is 0 Å². The maximum Gasteiger partial charge on any atom is 0.149 e. The fourth-order valence-electron chi connectivity index (χ4n) is 1.51. The smallest absolute Gasteiger partial charge is 0.149 e. The molecule has 0 unspecified atom stereocenters. The van der Waals surface area contributed by atoms with Gasteiger partial charge in [0.1, 0.15) is 36.3 Å². The summed E-state index contributed by atoms with van der Waals surface area (Å²) >= 11 is 0. The highest BCUT2D eigenvalue weighted by atomic mass is 19.1. The molecule has 0 aliphatic heterocycles. The molecule has 4 nitrogen and oxygen atoms in total. The van der Waals surface area contributed by atoms with E-state index < -0.39 is 11.6 Å². The van der Waals surface area contributed by atoms with Crippen LogP contribution in [0.1, 0.15) is 0 Å². The first kappa shape index (κ1) is 13.9. The number of ether oxygens (including phenoxy) is 2. The predicted molar refractivity (Wildman–Crippen MR) is 72.6 cm³/mol. The lowest BCUT2D eigenvalue weighted by Crippen LogP contribution is -2.09. The van der Waals surface area contributed by atoms with E-state index in [2.05, 4.69) is 0 Å². The van der Waals surface area contributed by atoms with Gasteiger partial charge in [0.25, 0.3) is 0 Å². The highest BCUT2D eigenvalue weighted by Gasteiger charge is 2.02. The second-order valence-corrected chi connectivity index (χ2v) is 4.06. The van der Waals surface area contributed by atoms with Crippen LogP contribution in [0.2, 0.25) is 0 Å². The normalized spacial score (nSPS) is 10.3. The van der Waals surface area contributed by atoms with Gasteiger partial charge in [0.2, 0.25) is 0 Å². The Morgan fingerprint density at radius 2 is 1.15 bits per heavy atom. The predicted octanol–water partition coefficient (Wildman–Crippen LogP) is 2.59. The van der Waals surface area contributed by atoms with Crippen molar-refractivity contribution in [2.45, 2.75) is 0 Å². The number of nitrogens with two attached hydrogens (primary N) is 2. The molecule has 2 rings (SSSR count). The molecule has 20 heavy (non-hydrogen) atoms. The summed E-state index contributed by atoms with van der Waals surface area (Å²) in [7, 11) is 0. The summed E-state index contributed by atoms with van der Waals surface area (Å²) in [5.74, 6) is -0.374. The van der Waals surface area contributed by atoms with Crippen LogP contribution in [0.5, 0.6) is 11.5 Å². The number of benzene rings is 2. The highest BCUT2D eigenvalue weighted by Crippen LogP contribution is 2.19. The van der Waals surface area contributed by atoms with Crippen molar-refractivity contribution in [3.63, 3.8) is 0 Å². The van der Waals surface area contributed by atoms with Gasteiger partial charge in [0.05, 0.1) is 11.4 Å². The van der Waals surface area contributed by atoms with Gasteiger partial charge < -0.3 is 20.9 Å². The monoisotopic (exact) mass is 280 g/mol. The fourth-order valence-corrected chi connectivity index (χ4v) is 1.51. The van der Waals surface area contributed by atoms with Gasteiger partial charge in [-0.2, -0.15) is 0 Å². The molecule has 0 spiro atoms. The zero-order valence-corrected chi connectivity index (χ0v) is 10.6. The molecule has 0 saturated heterocycles. The summed E-state index contributed by atoms with van der Waals surface area (Å²) in [6, 6.07) is 8.33. The van der Waals surface area contributed by atoms with Crippen molar-refractivity contribution in [2.75, 3.05) is 24.7 Å². The maximum atomic E-state index is 13.1. The molecular weight excluding hydrogens is 266 g/mol. The van der Waals surface area contributed by atoms with E-state index in [9.17, 15) is 8.78 Å². The van der Waals surface area contributed by atoms with Gasteiger partial charge in [-0.1, -0.05) is 0 Å². The fraction of sp³-hybridized carbons (Fsp3) is 0.143. The Bertz CT molecular complexity index is 552. The van der Waals surface area contributed by atoms with E-state index in [1.54, 1.807) is 12.1 Å². The van der Waals surface area contributed by atoms with Crippen molar-refractivity contribution >= 4 is 11.4 Å². The second kappa shape index (κ2) is 6.10. The van der Waals surface area contributed by atoms with Gasteiger partial charge in [-0.05, 0) is 24.3 Å². The van der Waals surface area contributed by atoms with Crippen LogP contribution in [0.15, 0.2) is 36.4 Å². The molecule has 0 bridgehead atoms. The van der Waals surface area contributed by atoms with Gasteiger partial charge in [0.15, 0.2) is 0 Å². The molecule has 6 heteroatoms. The Morgan fingerprint density at radius 3 is 1.50 bits per heavy atom. The molecule has 0 radical (unpaired) electrons. The van der Waals surface area contributed by atoms with Gasteiger partial charge >= 0.3 is 0 Å². The lowest BCUT2D eigenvalue weighted by molar-refractivity contribution is 0.216. The summed E-state index contributed by atoms with van der Waals surface area (Å²) in [5, 5.41) is 0. The van der Waals surface area contributed by atoms with E-state index in [0.29, 0.717) is 11.5 Å². The molecule has 4 N–H and O–H groups in total. The number of nitrogen functional groups attached to an aromatic ring is 2. The van der Waals surface area contributed by atoms with Gasteiger partial charge in [-0.25, -0.2) is 8.78 Å². The number of anilines is 2. The van der Waals surface area contributed by atoms with Crippen LogP contribution in [0.4, 0.5) is 20.2 Å². The Balaban J connectivity index is 1.81. The van der Waals surface area contributed by atoms with E-state index in [1.165, 1.54) is 24.3 Å². The first-order chi connectivity index (χ1) is 9.56. The molecule has 0 fully saturated rings. The van der Waals surface area contributed by atoms with Crippen molar-refractivity contribution in [3.05, 3.63) is 48.0 Å². The van der Waals surface area contributed by atoms with Gasteiger partial charge in [-0.3, -0.25) is 0 Å². The van der Waals surface area contributed by atoms with Crippen molar-refractivity contribution in [3.8, 4) is 11.5 Å². The van der Waals surface area contributed by atoms with E-state index in [4.69, 9.17) is 20.9 Å². The first-order valence-electron chi connectivity index (χ1n) is 5.92. The summed E-state index contributed by atoms with van der Waals surface area (Å²) in [5.41, 5.74) is 10.8. The molecule has 0 heterocycles. The maximum absolute atomic E-state index is 13.1. The van der Waals surface area contributed by atoms with E-state index in [1.807, 2.05) is 0 Å². The SMILES string of the molecule is Nc1ccc(OCCOc2ccc(N)c(F)c2)cc1F. The Kier molecular flexibility index (Phi) is 4.24. The summed E-state index contributed by atoms with van der Waals surface area (Å²) < 4.78 is 36.8. The van der Waals surface area contributed by atoms with Crippen LogP contribution in [-0.4, -0.2) is 13.2 Å². The summed E-state index contributed by atoms with van der Waals surface area (Å²) in [6.45, 7) is 0.380. The average molecular weight is 280 g/mol. The summed E-state index contributed by atoms with van der Waals surface area (Å²) in [4.78, 5) is 0. The van der Waals surface area contributed by atoms with Crippen molar-refractivity contribution in [1.82, 2.24) is 0 Å². The molecule has 0 atom stereocenters. The molecule has 2 aromatic carbocycles. The highest BCUT2D eigenvalue weighted by molar-refractivity contribution is 5.44. The second-order valence-electron chi connectivity index (χ2n) is 4.06. The van der Waals surface area contributed by atoms with Crippen LogP contribution >= 0.6 is 0 Å². The van der Waals surface area contributed by atoms with Crippen molar-refractivity contribution in [2.24, 2.45) is 0 Å². The zero-order valence-electron chi connectivity index (χ0n) is 10.6. The molecular formula is C14H14F2N2O2. The van der Waals surface area contributed by atoms with E-state index >= 15 is 0 Å².